The first kappa shape index (κ1) is 18.2. The van der Waals surface area contributed by atoms with Gasteiger partial charge in [0.2, 0.25) is 11.8 Å². The van der Waals surface area contributed by atoms with E-state index in [9.17, 15) is 4.79 Å². The number of fused-ring (bicyclic) bond motifs is 1. The van der Waals surface area contributed by atoms with Crippen molar-refractivity contribution in [2.75, 3.05) is 11.1 Å². The van der Waals surface area contributed by atoms with Crippen LogP contribution in [0.3, 0.4) is 0 Å². The van der Waals surface area contributed by atoms with E-state index in [1.165, 1.54) is 11.8 Å². The van der Waals surface area contributed by atoms with Crippen LogP contribution in [-0.2, 0) is 11.2 Å². The molecule has 0 spiro atoms. The Morgan fingerprint density at radius 1 is 1.07 bits per heavy atom. The van der Waals surface area contributed by atoms with Gasteiger partial charge in [-0.25, -0.2) is 0 Å². The molecule has 2 aromatic carbocycles. The molecule has 4 rings (SSSR count). The van der Waals surface area contributed by atoms with E-state index >= 15 is 0 Å². The Hall–Kier alpha value is -3.19. The van der Waals surface area contributed by atoms with Crippen LogP contribution in [0.15, 0.2) is 70.3 Å². The van der Waals surface area contributed by atoms with Crippen molar-refractivity contribution >= 4 is 34.3 Å². The second-order valence-electron chi connectivity index (χ2n) is 6.29. The second-order valence-corrected chi connectivity index (χ2v) is 7.22. The van der Waals surface area contributed by atoms with Crippen LogP contribution >= 0.6 is 11.8 Å². The zero-order chi connectivity index (χ0) is 19.3. The predicted octanol–water partition coefficient (Wildman–Crippen LogP) is 4.25. The summed E-state index contributed by atoms with van der Waals surface area (Å²) in [7, 11) is 0. The van der Waals surface area contributed by atoms with Gasteiger partial charge in [0.1, 0.15) is 0 Å². The lowest BCUT2D eigenvalue weighted by molar-refractivity contribution is -0.113. The van der Waals surface area contributed by atoms with E-state index in [0.717, 1.165) is 27.8 Å². The van der Waals surface area contributed by atoms with Crippen LogP contribution in [0.5, 0.6) is 0 Å². The van der Waals surface area contributed by atoms with Crippen LogP contribution in [0, 0.1) is 6.92 Å². The number of benzene rings is 2. The molecular formula is C21H18N4O2S. The summed E-state index contributed by atoms with van der Waals surface area (Å²) in [4.78, 5) is 16.9. The number of pyridine rings is 1. The van der Waals surface area contributed by atoms with Gasteiger partial charge in [0.15, 0.2) is 0 Å². The molecule has 0 saturated heterocycles. The maximum atomic E-state index is 12.4. The first-order chi connectivity index (χ1) is 13.7. The van der Waals surface area contributed by atoms with Crippen molar-refractivity contribution in [3.8, 4) is 0 Å². The Bertz CT molecular complexity index is 1110. The van der Waals surface area contributed by atoms with Crippen LogP contribution in [0.4, 0.5) is 5.69 Å². The lowest BCUT2D eigenvalue weighted by atomic mass is 10.1. The molecule has 0 aliphatic rings. The van der Waals surface area contributed by atoms with E-state index in [-0.39, 0.29) is 11.7 Å². The molecule has 1 amide bonds. The fraction of sp³-hybridized carbons (Fsp3) is 0.143. The summed E-state index contributed by atoms with van der Waals surface area (Å²) in [5.41, 5.74) is 3.56. The molecule has 4 aromatic rings. The van der Waals surface area contributed by atoms with Gasteiger partial charge in [-0.1, -0.05) is 60.3 Å². The molecule has 0 bridgehead atoms. The number of nitrogens with zero attached hydrogens (tertiary/aromatic N) is 3. The highest BCUT2D eigenvalue weighted by atomic mass is 32.2. The molecule has 0 saturated carbocycles. The Balaban J connectivity index is 1.38. The fourth-order valence-corrected chi connectivity index (χ4v) is 3.44. The molecule has 28 heavy (non-hydrogen) atoms. The predicted molar refractivity (Wildman–Crippen MR) is 109 cm³/mol. The van der Waals surface area contributed by atoms with E-state index < -0.39 is 0 Å². The number of hydrogen-bond acceptors (Lipinski definition) is 6. The summed E-state index contributed by atoms with van der Waals surface area (Å²) in [6.07, 6.45) is 0.572. The topological polar surface area (TPSA) is 80.9 Å². The maximum Gasteiger partial charge on any atom is 0.277 e. The molecule has 6 nitrogen and oxygen atoms in total. The van der Waals surface area contributed by atoms with E-state index in [1.54, 1.807) is 0 Å². The fourth-order valence-electron chi connectivity index (χ4n) is 2.86. The van der Waals surface area contributed by atoms with E-state index in [4.69, 9.17) is 4.42 Å². The summed E-state index contributed by atoms with van der Waals surface area (Å²) in [5.74, 6) is 0.580. The highest BCUT2D eigenvalue weighted by Gasteiger charge is 2.12. The van der Waals surface area contributed by atoms with E-state index in [1.807, 2.05) is 67.6 Å². The van der Waals surface area contributed by atoms with Crippen molar-refractivity contribution < 1.29 is 9.21 Å². The number of nitrogens with one attached hydrogen (secondary N) is 1. The maximum absolute atomic E-state index is 12.4. The number of carbonyl (C=O) groups excluding carboxylic acids is 1. The van der Waals surface area contributed by atoms with Gasteiger partial charge in [-0.15, -0.1) is 10.2 Å². The average Bonchev–Trinajstić information content (AvgIpc) is 3.14. The second kappa shape index (κ2) is 8.22. The van der Waals surface area contributed by atoms with Gasteiger partial charge < -0.3 is 9.73 Å². The number of hydrogen-bond donors (Lipinski definition) is 1. The highest BCUT2D eigenvalue weighted by Crippen LogP contribution is 2.24. The number of aryl methyl sites for hydroxylation is 1. The normalized spacial score (nSPS) is 10.9. The third-order valence-corrected chi connectivity index (χ3v) is 4.91. The SMILES string of the molecule is Cc1cc(NC(=O)CSc2nnc(Cc3ccccc3)o2)c2ccccc2n1. The van der Waals surface area contributed by atoms with Crippen LogP contribution in [-0.4, -0.2) is 26.8 Å². The summed E-state index contributed by atoms with van der Waals surface area (Å²) < 4.78 is 5.63. The zero-order valence-corrected chi connectivity index (χ0v) is 16.1. The van der Waals surface area contributed by atoms with E-state index in [2.05, 4.69) is 20.5 Å². The number of para-hydroxylation sites is 1. The zero-order valence-electron chi connectivity index (χ0n) is 15.3. The van der Waals surface area contributed by atoms with Gasteiger partial charge in [-0.3, -0.25) is 9.78 Å². The third-order valence-electron chi connectivity index (χ3n) is 4.09. The van der Waals surface area contributed by atoms with Crippen molar-refractivity contribution in [1.29, 1.82) is 0 Å². The minimum absolute atomic E-state index is 0.136. The molecule has 0 unspecified atom stereocenters. The summed E-state index contributed by atoms with van der Waals surface area (Å²) in [5, 5.41) is 12.3. The first-order valence-electron chi connectivity index (χ1n) is 8.83. The third kappa shape index (κ3) is 4.37. The van der Waals surface area contributed by atoms with Gasteiger partial charge in [-0.2, -0.15) is 0 Å². The summed E-state index contributed by atoms with van der Waals surface area (Å²) in [6.45, 7) is 1.91. The van der Waals surface area contributed by atoms with Gasteiger partial charge in [0, 0.05) is 11.1 Å². The van der Waals surface area contributed by atoms with Crippen LogP contribution in [0.1, 0.15) is 17.1 Å². The number of amides is 1. The van der Waals surface area contributed by atoms with Crippen LogP contribution in [0.25, 0.3) is 10.9 Å². The Morgan fingerprint density at radius 3 is 2.71 bits per heavy atom. The number of carbonyl (C=O) groups is 1. The van der Waals surface area contributed by atoms with Gasteiger partial charge in [-0.05, 0) is 24.6 Å². The number of thioether (sulfide) groups is 1. The molecule has 2 heterocycles. The minimum Gasteiger partial charge on any atom is -0.416 e. The molecule has 7 heteroatoms. The standard InChI is InChI=1S/C21H18N4O2S/c1-14-11-18(16-9-5-6-10-17(16)22-14)23-19(26)13-28-21-25-24-20(27-21)12-15-7-3-2-4-8-15/h2-11H,12-13H2,1H3,(H,22,23,26). The summed E-state index contributed by atoms with van der Waals surface area (Å²) >= 11 is 1.22. The van der Waals surface area contributed by atoms with Crippen molar-refractivity contribution in [2.24, 2.45) is 0 Å². The van der Waals surface area contributed by atoms with Gasteiger partial charge in [0.05, 0.1) is 23.4 Å². The van der Waals surface area contributed by atoms with Gasteiger partial charge >= 0.3 is 0 Å². The number of rotatable bonds is 6. The molecule has 0 fully saturated rings. The molecule has 1 N–H and O–H groups in total. The van der Waals surface area contributed by atoms with Crippen molar-refractivity contribution in [3.63, 3.8) is 0 Å². The lowest BCUT2D eigenvalue weighted by Crippen LogP contribution is -2.14. The molecule has 0 atom stereocenters. The molecule has 2 aromatic heterocycles. The quantitative estimate of drug-likeness (QED) is 0.496. The van der Waals surface area contributed by atoms with Crippen molar-refractivity contribution in [2.45, 2.75) is 18.6 Å². The minimum atomic E-state index is -0.136. The monoisotopic (exact) mass is 390 g/mol. The number of anilines is 1. The largest absolute Gasteiger partial charge is 0.416 e. The molecular weight excluding hydrogens is 372 g/mol. The highest BCUT2D eigenvalue weighted by molar-refractivity contribution is 7.99. The van der Waals surface area contributed by atoms with Gasteiger partial charge in [0.25, 0.3) is 5.22 Å². The Kier molecular flexibility index (Phi) is 5.34. The smallest absolute Gasteiger partial charge is 0.277 e. The molecule has 0 aliphatic carbocycles. The first-order valence-corrected chi connectivity index (χ1v) is 9.81. The summed E-state index contributed by atoms with van der Waals surface area (Å²) in [6, 6.07) is 19.5. The number of aromatic nitrogens is 3. The lowest BCUT2D eigenvalue weighted by Gasteiger charge is -2.09. The molecule has 0 radical (unpaired) electrons. The molecule has 0 aliphatic heterocycles. The Labute approximate surface area is 166 Å². The van der Waals surface area contributed by atoms with Crippen molar-refractivity contribution in [1.82, 2.24) is 15.2 Å². The average molecular weight is 390 g/mol. The Morgan fingerprint density at radius 2 is 1.86 bits per heavy atom. The van der Waals surface area contributed by atoms with Crippen LogP contribution < -0.4 is 5.32 Å². The van der Waals surface area contributed by atoms with Crippen molar-refractivity contribution in [3.05, 3.63) is 77.8 Å². The molecule has 140 valence electrons. The van der Waals surface area contributed by atoms with Crippen LogP contribution in [0.2, 0.25) is 0 Å². The van der Waals surface area contributed by atoms with E-state index in [0.29, 0.717) is 17.5 Å².